The summed E-state index contributed by atoms with van der Waals surface area (Å²) in [5.74, 6) is -0.0473. The van der Waals surface area contributed by atoms with Crippen LogP contribution in [0.2, 0.25) is 0 Å². The summed E-state index contributed by atoms with van der Waals surface area (Å²) in [6, 6.07) is 5.74. The third-order valence-electron chi connectivity index (χ3n) is 2.92. The summed E-state index contributed by atoms with van der Waals surface area (Å²) in [6.45, 7) is 9.64. The van der Waals surface area contributed by atoms with Gasteiger partial charge in [-0.25, -0.2) is 0 Å². The van der Waals surface area contributed by atoms with Crippen molar-refractivity contribution in [1.82, 2.24) is 5.32 Å². The van der Waals surface area contributed by atoms with E-state index in [9.17, 15) is 4.79 Å². The van der Waals surface area contributed by atoms with Crippen LogP contribution in [0, 0.1) is 12.3 Å². The molecule has 2 N–H and O–H groups in total. The molecule has 1 aromatic rings. The molecule has 0 aromatic heterocycles. The van der Waals surface area contributed by atoms with Crippen molar-refractivity contribution in [3.63, 3.8) is 0 Å². The second-order valence-electron chi connectivity index (χ2n) is 5.85. The lowest BCUT2D eigenvalue weighted by Crippen LogP contribution is -2.18. The van der Waals surface area contributed by atoms with E-state index in [1.807, 2.05) is 25.1 Å². The lowest BCUT2D eigenvalue weighted by molar-refractivity contribution is 0.0963. The summed E-state index contributed by atoms with van der Waals surface area (Å²) in [6.07, 6.45) is 1.09. The molecule has 18 heavy (non-hydrogen) atoms. The van der Waals surface area contributed by atoms with Crippen LogP contribution in [0.4, 0.5) is 5.69 Å². The third-order valence-corrected chi connectivity index (χ3v) is 2.92. The highest BCUT2D eigenvalue weighted by molar-refractivity contribution is 5.95. The fourth-order valence-electron chi connectivity index (χ4n) is 1.67. The molecule has 1 rings (SSSR count). The standard InChI is InChI=1S/C15H24N2O/c1-11-6-7-12(14(18)16-5)10-13(11)17-9-8-15(2,3)4/h6-7,10,17H,8-9H2,1-5H3,(H,16,18). The predicted octanol–water partition coefficient (Wildman–Crippen LogP) is 3.20. The molecule has 0 unspecified atom stereocenters. The Morgan fingerprint density at radius 2 is 1.94 bits per heavy atom. The van der Waals surface area contributed by atoms with Crippen molar-refractivity contribution in [3.05, 3.63) is 29.3 Å². The minimum atomic E-state index is -0.0473. The Morgan fingerprint density at radius 3 is 2.50 bits per heavy atom. The minimum Gasteiger partial charge on any atom is -0.385 e. The first-order valence-electron chi connectivity index (χ1n) is 6.40. The zero-order chi connectivity index (χ0) is 13.8. The molecule has 0 aliphatic heterocycles. The number of rotatable bonds is 4. The van der Waals surface area contributed by atoms with Crippen LogP contribution < -0.4 is 10.6 Å². The number of benzene rings is 1. The summed E-state index contributed by atoms with van der Waals surface area (Å²) >= 11 is 0. The Kier molecular flexibility index (Phi) is 4.76. The number of carbonyl (C=O) groups excluding carboxylic acids is 1. The van der Waals surface area contributed by atoms with Gasteiger partial charge in [0.25, 0.3) is 5.91 Å². The van der Waals surface area contributed by atoms with Crippen LogP contribution in [0.25, 0.3) is 0 Å². The van der Waals surface area contributed by atoms with Crippen LogP contribution >= 0.6 is 0 Å². The molecule has 0 heterocycles. The van der Waals surface area contributed by atoms with Crippen molar-refractivity contribution in [1.29, 1.82) is 0 Å². The molecule has 0 atom stereocenters. The third kappa shape index (κ3) is 4.40. The summed E-state index contributed by atoms with van der Waals surface area (Å²) < 4.78 is 0. The Morgan fingerprint density at radius 1 is 1.28 bits per heavy atom. The van der Waals surface area contributed by atoms with Gasteiger partial charge in [0.2, 0.25) is 0 Å². The van der Waals surface area contributed by atoms with E-state index in [0.717, 1.165) is 24.2 Å². The van der Waals surface area contributed by atoms with Gasteiger partial charge in [0.05, 0.1) is 0 Å². The molecular formula is C15H24N2O. The van der Waals surface area contributed by atoms with E-state index < -0.39 is 0 Å². The lowest BCUT2D eigenvalue weighted by Gasteiger charge is -2.19. The van der Waals surface area contributed by atoms with Gasteiger partial charge in [0.1, 0.15) is 0 Å². The van der Waals surface area contributed by atoms with Crippen LogP contribution in [0.3, 0.4) is 0 Å². The lowest BCUT2D eigenvalue weighted by atomic mass is 9.92. The number of nitrogens with one attached hydrogen (secondary N) is 2. The molecule has 0 spiro atoms. The van der Waals surface area contributed by atoms with Gasteiger partial charge in [-0.3, -0.25) is 4.79 Å². The molecule has 3 heteroatoms. The van der Waals surface area contributed by atoms with Gasteiger partial charge < -0.3 is 10.6 Å². The summed E-state index contributed by atoms with van der Waals surface area (Å²) in [7, 11) is 1.65. The van der Waals surface area contributed by atoms with Crippen molar-refractivity contribution < 1.29 is 4.79 Å². The van der Waals surface area contributed by atoms with Gasteiger partial charge in [-0.2, -0.15) is 0 Å². The van der Waals surface area contributed by atoms with Crippen LogP contribution in [0.15, 0.2) is 18.2 Å². The number of anilines is 1. The number of carbonyl (C=O) groups is 1. The molecule has 0 aliphatic carbocycles. The van der Waals surface area contributed by atoms with E-state index in [1.165, 1.54) is 0 Å². The fraction of sp³-hybridized carbons (Fsp3) is 0.533. The van der Waals surface area contributed by atoms with Gasteiger partial charge in [-0.05, 0) is 36.5 Å². The van der Waals surface area contributed by atoms with E-state index in [0.29, 0.717) is 11.0 Å². The van der Waals surface area contributed by atoms with Gasteiger partial charge in [0.15, 0.2) is 0 Å². The van der Waals surface area contributed by atoms with Gasteiger partial charge in [0, 0.05) is 24.8 Å². The molecule has 0 saturated heterocycles. The van der Waals surface area contributed by atoms with Crippen LogP contribution in [-0.2, 0) is 0 Å². The number of amides is 1. The van der Waals surface area contributed by atoms with Crippen molar-refractivity contribution in [2.75, 3.05) is 18.9 Å². The molecule has 100 valence electrons. The first-order valence-corrected chi connectivity index (χ1v) is 6.40. The van der Waals surface area contributed by atoms with Crippen molar-refractivity contribution in [2.45, 2.75) is 34.1 Å². The summed E-state index contributed by atoms with van der Waals surface area (Å²) in [4.78, 5) is 11.6. The van der Waals surface area contributed by atoms with Gasteiger partial charge in [-0.15, -0.1) is 0 Å². The smallest absolute Gasteiger partial charge is 0.251 e. The Labute approximate surface area is 110 Å². The molecule has 0 saturated carbocycles. The normalized spacial score (nSPS) is 11.2. The number of hydrogen-bond donors (Lipinski definition) is 2. The summed E-state index contributed by atoms with van der Waals surface area (Å²) in [5.41, 5.74) is 3.22. The minimum absolute atomic E-state index is 0.0473. The molecule has 1 aromatic carbocycles. The average Bonchev–Trinajstić information content (AvgIpc) is 2.29. The molecule has 0 bridgehead atoms. The molecule has 0 radical (unpaired) electrons. The molecule has 0 aliphatic rings. The SMILES string of the molecule is CNC(=O)c1ccc(C)c(NCCC(C)(C)C)c1. The van der Waals surface area contributed by atoms with Crippen LogP contribution in [-0.4, -0.2) is 19.5 Å². The topological polar surface area (TPSA) is 41.1 Å². The largest absolute Gasteiger partial charge is 0.385 e. The van der Waals surface area contributed by atoms with Crippen LogP contribution in [0.1, 0.15) is 43.1 Å². The quantitative estimate of drug-likeness (QED) is 0.859. The van der Waals surface area contributed by atoms with Crippen molar-refractivity contribution in [2.24, 2.45) is 5.41 Å². The summed E-state index contributed by atoms with van der Waals surface area (Å²) in [5, 5.41) is 6.05. The molecule has 3 nitrogen and oxygen atoms in total. The Hall–Kier alpha value is -1.51. The van der Waals surface area contributed by atoms with E-state index in [-0.39, 0.29) is 5.91 Å². The monoisotopic (exact) mass is 248 g/mol. The Bertz CT molecular complexity index is 419. The average molecular weight is 248 g/mol. The van der Waals surface area contributed by atoms with Crippen molar-refractivity contribution >= 4 is 11.6 Å². The van der Waals surface area contributed by atoms with Gasteiger partial charge >= 0.3 is 0 Å². The highest BCUT2D eigenvalue weighted by Crippen LogP contribution is 2.21. The van der Waals surface area contributed by atoms with E-state index in [4.69, 9.17) is 0 Å². The maximum absolute atomic E-state index is 11.6. The fourth-order valence-corrected chi connectivity index (χ4v) is 1.67. The second-order valence-corrected chi connectivity index (χ2v) is 5.85. The van der Waals surface area contributed by atoms with E-state index in [1.54, 1.807) is 7.05 Å². The van der Waals surface area contributed by atoms with Gasteiger partial charge in [-0.1, -0.05) is 26.8 Å². The van der Waals surface area contributed by atoms with E-state index in [2.05, 4.69) is 31.4 Å². The maximum atomic E-state index is 11.6. The maximum Gasteiger partial charge on any atom is 0.251 e. The Balaban J connectivity index is 2.73. The first kappa shape index (κ1) is 14.6. The second kappa shape index (κ2) is 5.89. The highest BCUT2D eigenvalue weighted by atomic mass is 16.1. The number of aryl methyl sites for hydroxylation is 1. The first-order chi connectivity index (χ1) is 8.33. The zero-order valence-corrected chi connectivity index (χ0v) is 12.1. The predicted molar refractivity (Wildman–Crippen MR) is 77.1 cm³/mol. The molecule has 0 fully saturated rings. The molecule has 1 amide bonds. The molecular weight excluding hydrogens is 224 g/mol. The van der Waals surface area contributed by atoms with Crippen LogP contribution in [0.5, 0.6) is 0 Å². The zero-order valence-electron chi connectivity index (χ0n) is 12.1. The number of hydrogen-bond acceptors (Lipinski definition) is 2. The highest BCUT2D eigenvalue weighted by Gasteiger charge is 2.10. The van der Waals surface area contributed by atoms with E-state index >= 15 is 0 Å². The van der Waals surface area contributed by atoms with Crippen molar-refractivity contribution in [3.8, 4) is 0 Å².